The van der Waals surface area contributed by atoms with Crippen LogP contribution in [0.15, 0.2) is 91.0 Å². The zero-order chi connectivity index (χ0) is 16.6. The Morgan fingerprint density at radius 3 is 2.04 bits per heavy atom. The Morgan fingerprint density at radius 1 is 0.640 bits per heavy atom. The fourth-order valence-corrected chi connectivity index (χ4v) is 3.23. The second kappa shape index (κ2) is 5.56. The summed E-state index contributed by atoms with van der Waals surface area (Å²) in [7, 11) is 0. The number of para-hydroxylation sites is 2. The van der Waals surface area contributed by atoms with Crippen LogP contribution in [0.5, 0.6) is 0 Å². The van der Waals surface area contributed by atoms with Crippen molar-refractivity contribution in [2.45, 2.75) is 0 Å². The Balaban J connectivity index is 1.89. The fraction of sp³-hybridized carbons (Fsp3) is 0. The van der Waals surface area contributed by atoms with Gasteiger partial charge in [-0.05, 0) is 23.8 Å². The number of rotatable bonds is 2. The van der Waals surface area contributed by atoms with E-state index in [-0.39, 0.29) is 0 Å². The lowest BCUT2D eigenvalue weighted by molar-refractivity contribution is 0.974. The highest BCUT2D eigenvalue weighted by molar-refractivity contribution is 5.86. The molecule has 0 saturated carbocycles. The number of benzene rings is 3. The summed E-state index contributed by atoms with van der Waals surface area (Å²) in [5, 5.41) is 4.96. The molecule has 0 fully saturated rings. The van der Waals surface area contributed by atoms with Gasteiger partial charge < -0.3 is 0 Å². The molecule has 0 saturated heterocycles. The number of fused-ring (bicyclic) bond motifs is 3. The largest absolute Gasteiger partial charge is 0.227 e. The molecule has 0 amide bonds. The minimum absolute atomic E-state index is 0.861. The second-order valence-corrected chi connectivity index (χ2v) is 6.01. The van der Waals surface area contributed by atoms with Crippen molar-refractivity contribution in [1.29, 1.82) is 0 Å². The van der Waals surface area contributed by atoms with Gasteiger partial charge in [0.05, 0.1) is 16.7 Å². The van der Waals surface area contributed by atoms with Crippen LogP contribution in [0.1, 0.15) is 0 Å². The van der Waals surface area contributed by atoms with Crippen LogP contribution in [-0.2, 0) is 0 Å². The molecular weight excluding hydrogens is 306 g/mol. The molecule has 0 N–H and O–H groups in total. The number of imidazole rings is 1. The highest BCUT2D eigenvalue weighted by Crippen LogP contribution is 2.32. The molecule has 0 aliphatic carbocycles. The number of hydrogen-bond acceptors (Lipinski definition) is 2. The fourth-order valence-electron chi connectivity index (χ4n) is 3.23. The van der Waals surface area contributed by atoms with Crippen LogP contribution in [0.2, 0.25) is 0 Å². The molecule has 5 aromatic rings. The third-order valence-corrected chi connectivity index (χ3v) is 4.42. The molecule has 3 heteroatoms. The van der Waals surface area contributed by atoms with Gasteiger partial charge in [-0.1, -0.05) is 72.8 Å². The quantitative estimate of drug-likeness (QED) is 0.446. The predicted octanol–water partition coefficient (Wildman–Crippen LogP) is 5.22. The first-order valence-electron chi connectivity index (χ1n) is 8.29. The van der Waals surface area contributed by atoms with E-state index >= 15 is 0 Å². The van der Waals surface area contributed by atoms with Gasteiger partial charge in [0, 0.05) is 11.1 Å². The first-order valence-corrected chi connectivity index (χ1v) is 8.29. The molecule has 0 aliphatic heterocycles. The summed E-state index contributed by atoms with van der Waals surface area (Å²) in [6.07, 6.45) is 0. The van der Waals surface area contributed by atoms with Crippen molar-refractivity contribution in [3.63, 3.8) is 0 Å². The number of hydrogen-bond donors (Lipinski definition) is 0. The summed E-state index contributed by atoms with van der Waals surface area (Å²) in [4.78, 5) is 4.74. The molecule has 0 aliphatic rings. The van der Waals surface area contributed by atoms with Gasteiger partial charge in [-0.3, -0.25) is 0 Å². The first kappa shape index (κ1) is 13.9. The average molecular weight is 321 g/mol. The molecule has 0 atom stereocenters. The molecule has 3 nitrogen and oxygen atoms in total. The zero-order valence-corrected chi connectivity index (χ0v) is 13.5. The monoisotopic (exact) mass is 321 g/mol. The van der Waals surface area contributed by atoms with E-state index in [1.54, 1.807) is 0 Å². The van der Waals surface area contributed by atoms with E-state index in [0.717, 1.165) is 39.1 Å². The summed E-state index contributed by atoms with van der Waals surface area (Å²) in [5.41, 5.74) is 7.13. The second-order valence-electron chi connectivity index (χ2n) is 6.01. The van der Waals surface area contributed by atoms with Gasteiger partial charge in [-0.25, -0.2) is 9.50 Å². The Labute approximate surface area is 145 Å². The predicted molar refractivity (Wildman–Crippen MR) is 101 cm³/mol. The molecule has 118 valence electrons. The highest BCUT2D eigenvalue weighted by atomic mass is 15.3. The van der Waals surface area contributed by atoms with Gasteiger partial charge in [-0.2, -0.15) is 5.10 Å². The smallest absolute Gasteiger partial charge is 0.155 e. The van der Waals surface area contributed by atoms with Crippen molar-refractivity contribution < 1.29 is 0 Å². The van der Waals surface area contributed by atoms with Crippen molar-refractivity contribution in [3.8, 4) is 22.4 Å². The minimum atomic E-state index is 0.861. The van der Waals surface area contributed by atoms with Crippen LogP contribution < -0.4 is 0 Å². The first-order chi connectivity index (χ1) is 12.4. The summed E-state index contributed by atoms with van der Waals surface area (Å²) in [6.45, 7) is 0. The third-order valence-electron chi connectivity index (χ3n) is 4.42. The Kier molecular flexibility index (Phi) is 3.10. The van der Waals surface area contributed by atoms with E-state index in [0.29, 0.717) is 0 Å². The maximum absolute atomic E-state index is 4.96. The van der Waals surface area contributed by atoms with Gasteiger partial charge >= 0.3 is 0 Å². The van der Waals surface area contributed by atoms with Gasteiger partial charge in [0.1, 0.15) is 0 Å². The van der Waals surface area contributed by atoms with Gasteiger partial charge in [0.2, 0.25) is 0 Å². The van der Waals surface area contributed by atoms with E-state index in [1.165, 1.54) is 0 Å². The van der Waals surface area contributed by atoms with Crippen LogP contribution >= 0.6 is 0 Å². The van der Waals surface area contributed by atoms with Gasteiger partial charge in [0.15, 0.2) is 5.65 Å². The van der Waals surface area contributed by atoms with Crippen molar-refractivity contribution >= 4 is 16.7 Å². The molecule has 2 heterocycles. The zero-order valence-electron chi connectivity index (χ0n) is 13.5. The van der Waals surface area contributed by atoms with Crippen molar-refractivity contribution in [2.24, 2.45) is 0 Å². The normalized spacial score (nSPS) is 11.2. The standard InChI is InChI=1S/C22H15N3/c1-3-9-16(10-4-1)18-15-21-23-19-13-7-8-14-20(19)25(21)24-22(18)17-11-5-2-6-12-17/h1-15H. The van der Waals surface area contributed by atoms with Crippen LogP contribution in [0, 0.1) is 0 Å². The van der Waals surface area contributed by atoms with E-state index in [9.17, 15) is 0 Å². The lowest BCUT2D eigenvalue weighted by Gasteiger charge is -2.10. The van der Waals surface area contributed by atoms with Crippen molar-refractivity contribution in [3.05, 3.63) is 91.0 Å². The van der Waals surface area contributed by atoms with Crippen LogP contribution in [-0.4, -0.2) is 14.6 Å². The Hall–Kier alpha value is -3.46. The van der Waals surface area contributed by atoms with Gasteiger partial charge in [0.25, 0.3) is 0 Å². The lowest BCUT2D eigenvalue weighted by atomic mass is 10.0. The van der Waals surface area contributed by atoms with E-state index in [4.69, 9.17) is 10.1 Å². The molecule has 5 rings (SSSR count). The summed E-state index contributed by atoms with van der Waals surface area (Å²) >= 11 is 0. The molecule has 0 radical (unpaired) electrons. The average Bonchev–Trinajstić information content (AvgIpc) is 3.06. The van der Waals surface area contributed by atoms with Crippen molar-refractivity contribution in [1.82, 2.24) is 14.6 Å². The minimum Gasteiger partial charge on any atom is -0.227 e. The molecule has 2 aromatic heterocycles. The Bertz CT molecular complexity index is 1180. The summed E-state index contributed by atoms with van der Waals surface area (Å²) in [5.74, 6) is 0. The van der Waals surface area contributed by atoms with Crippen LogP contribution in [0.25, 0.3) is 39.1 Å². The van der Waals surface area contributed by atoms with Crippen LogP contribution in [0.4, 0.5) is 0 Å². The lowest BCUT2D eigenvalue weighted by Crippen LogP contribution is -1.98. The SMILES string of the molecule is c1ccc(-c2cc3nc4ccccc4n3nc2-c2ccccc2)cc1. The van der Waals surface area contributed by atoms with Gasteiger partial charge in [-0.15, -0.1) is 0 Å². The molecule has 0 spiro atoms. The topological polar surface area (TPSA) is 30.2 Å². The number of aromatic nitrogens is 3. The molecule has 25 heavy (non-hydrogen) atoms. The summed E-state index contributed by atoms with van der Waals surface area (Å²) in [6, 6.07) is 30.9. The summed E-state index contributed by atoms with van der Waals surface area (Å²) < 4.78 is 1.93. The van der Waals surface area contributed by atoms with E-state index in [2.05, 4.69) is 48.5 Å². The molecule has 3 aromatic carbocycles. The molecule has 0 bridgehead atoms. The molecular formula is C22H15N3. The highest BCUT2D eigenvalue weighted by Gasteiger charge is 2.14. The maximum Gasteiger partial charge on any atom is 0.155 e. The Morgan fingerprint density at radius 2 is 1.28 bits per heavy atom. The van der Waals surface area contributed by atoms with E-state index < -0.39 is 0 Å². The molecule has 0 unspecified atom stereocenters. The number of nitrogens with zero attached hydrogens (tertiary/aromatic N) is 3. The van der Waals surface area contributed by atoms with Crippen molar-refractivity contribution in [2.75, 3.05) is 0 Å². The van der Waals surface area contributed by atoms with E-state index in [1.807, 2.05) is 47.0 Å². The maximum atomic E-state index is 4.96. The third kappa shape index (κ3) is 2.29. The van der Waals surface area contributed by atoms with Crippen LogP contribution in [0.3, 0.4) is 0 Å².